The summed E-state index contributed by atoms with van der Waals surface area (Å²) in [6.45, 7) is 3.52. The van der Waals surface area contributed by atoms with Crippen molar-refractivity contribution in [3.05, 3.63) is 22.4 Å². The van der Waals surface area contributed by atoms with Crippen molar-refractivity contribution in [3.8, 4) is 0 Å². The van der Waals surface area contributed by atoms with E-state index in [1.165, 1.54) is 0 Å². The second-order valence-corrected chi connectivity index (χ2v) is 5.33. The lowest BCUT2D eigenvalue weighted by atomic mass is 10.3. The smallest absolute Gasteiger partial charge is 0.0872 e. The highest BCUT2D eigenvalue weighted by atomic mass is 35.5. The zero-order valence-electron chi connectivity index (χ0n) is 10.6. The van der Waals surface area contributed by atoms with Crippen molar-refractivity contribution in [1.29, 1.82) is 0 Å². The monoisotopic (exact) mass is 289 g/mol. The quantitative estimate of drug-likeness (QED) is 0.834. The number of rotatable bonds is 2. The fourth-order valence-corrected chi connectivity index (χ4v) is 2.79. The van der Waals surface area contributed by atoms with Gasteiger partial charge in [-0.05, 0) is 7.05 Å². The van der Waals surface area contributed by atoms with E-state index in [1.54, 1.807) is 19.5 Å². The first-order valence-electron chi connectivity index (χ1n) is 5.87. The number of hydrogen-bond donors (Lipinski definition) is 0. The van der Waals surface area contributed by atoms with E-state index in [0.29, 0.717) is 10.0 Å². The molecule has 0 spiro atoms. The Morgan fingerprint density at radius 1 is 1.22 bits per heavy atom. The Morgan fingerprint density at radius 2 is 1.89 bits per heavy atom. The molecule has 2 heterocycles. The summed E-state index contributed by atoms with van der Waals surface area (Å²) >= 11 is 12.4. The number of halogens is 2. The summed E-state index contributed by atoms with van der Waals surface area (Å²) in [6.07, 6.45) is 3.40. The summed E-state index contributed by atoms with van der Waals surface area (Å²) < 4.78 is 5.49. The summed E-state index contributed by atoms with van der Waals surface area (Å²) in [7, 11) is 3.82. The van der Waals surface area contributed by atoms with Gasteiger partial charge in [-0.2, -0.15) is 0 Å². The molecule has 1 aromatic heterocycles. The molecular formula is C12H17Cl2N3O. The van der Waals surface area contributed by atoms with Crippen LogP contribution in [0.4, 0.5) is 5.69 Å². The third-order valence-electron chi connectivity index (χ3n) is 3.17. The van der Waals surface area contributed by atoms with Gasteiger partial charge in [-0.3, -0.25) is 4.98 Å². The van der Waals surface area contributed by atoms with E-state index < -0.39 is 0 Å². The highest BCUT2D eigenvalue weighted by Crippen LogP contribution is 2.33. The molecule has 0 aliphatic carbocycles. The van der Waals surface area contributed by atoms with Crippen LogP contribution in [-0.4, -0.2) is 56.3 Å². The molecule has 1 aromatic rings. The molecule has 1 unspecified atom stereocenters. The van der Waals surface area contributed by atoms with Crippen LogP contribution >= 0.6 is 23.2 Å². The predicted molar refractivity (Wildman–Crippen MR) is 74.8 cm³/mol. The maximum atomic E-state index is 6.20. The molecule has 0 saturated carbocycles. The van der Waals surface area contributed by atoms with Gasteiger partial charge in [-0.15, -0.1) is 0 Å². The minimum absolute atomic E-state index is 0.151. The SMILES string of the molecule is COC1CN(C)CCN(c2c(Cl)cncc2Cl)C1. The van der Waals surface area contributed by atoms with Crippen molar-refractivity contribution in [2.24, 2.45) is 0 Å². The number of methoxy groups -OCH3 is 1. The topological polar surface area (TPSA) is 28.6 Å². The summed E-state index contributed by atoms with van der Waals surface area (Å²) in [6, 6.07) is 0. The fourth-order valence-electron chi connectivity index (χ4n) is 2.18. The summed E-state index contributed by atoms with van der Waals surface area (Å²) in [5, 5.41) is 1.17. The van der Waals surface area contributed by atoms with Gasteiger partial charge in [0.05, 0.1) is 21.8 Å². The number of hydrogen-bond acceptors (Lipinski definition) is 4. The van der Waals surface area contributed by atoms with Crippen molar-refractivity contribution < 1.29 is 4.74 Å². The molecule has 6 heteroatoms. The number of anilines is 1. The molecule has 0 N–H and O–H groups in total. The minimum Gasteiger partial charge on any atom is -0.378 e. The molecule has 1 aliphatic rings. The second kappa shape index (κ2) is 6.06. The normalized spacial score (nSPS) is 22.0. The second-order valence-electron chi connectivity index (χ2n) is 4.52. The molecule has 1 saturated heterocycles. The Labute approximate surface area is 117 Å². The van der Waals surface area contributed by atoms with E-state index in [9.17, 15) is 0 Å². The molecule has 1 fully saturated rings. The maximum Gasteiger partial charge on any atom is 0.0872 e. The Hall–Kier alpha value is -0.550. The van der Waals surface area contributed by atoms with Gasteiger partial charge in [0, 0.05) is 45.7 Å². The van der Waals surface area contributed by atoms with Gasteiger partial charge in [-0.25, -0.2) is 0 Å². The van der Waals surface area contributed by atoms with Gasteiger partial charge < -0.3 is 14.5 Å². The van der Waals surface area contributed by atoms with E-state index in [4.69, 9.17) is 27.9 Å². The molecule has 0 radical (unpaired) electrons. The lowest BCUT2D eigenvalue weighted by Crippen LogP contribution is -2.34. The molecule has 100 valence electrons. The molecule has 0 amide bonds. The lowest BCUT2D eigenvalue weighted by Gasteiger charge is -2.26. The van der Waals surface area contributed by atoms with Gasteiger partial charge in [0.1, 0.15) is 0 Å². The van der Waals surface area contributed by atoms with Crippen molar-refractivity contribution in [2.45, 2.75) is 6.10 Å². The molecule has 0 bridgehead atoms. The average molecular weight is 290 g/mol. The number of nitrogens with zero attached hydrogens (tertiary/aromatic N) is 3. The van der Waals surface area contributed by atoms with Crippen LogP contribution in [0.5, 0.6) is 0 Å². The van der Waals surface area contributed by atoms with Crippen LogP contribution in [0, 0.1) is 0 Å². The van der Waals surface area contributed by atoms with Crippen molar-refractivity contribution in [2.75, 3.05) is 45.2 Å². The van der Waals surface area contributed by atoms with Crippen LogP contribution in [-0.2, 0) is 4.74 Å². The third-order valence-corrected chi connectivity index (χ3v) is 3.72. The molecule has 1 atom stereocenters. The van der Waals surface area contributed by atoms with Gasteiger partial charge in [0.2, 0.25) is 0 Å². The third kappa shape index (κ3) is 3.06. The van der Waals surface area contributed by atoms with Crippen molar-refractivity contribution in [1.82, 2.24) is 9.88 Å². The summed E-state index contributed by atoms with van der Waals surface area (Å²) in [4.78, 5) is 8.40. The molecule has 2 rings (SSSR count). The van der Waals surface area contributed by atoms with E-state index in [2.05, 4.69) is 21.8 Å². The summed E-state index contributed by atoms with van der Waals surface area (Å²) in [5.41, 5.74) is 0.852. The van der Waals surface area contributed by atoms with Gasteiger partial charge in [-0.1, -0.05) is 23.2 Å². The first-order chi connectivity index (χ1) is 8.61. The van der Waals surface area contributed by atoms with Crippen LogP contribution in [0.3, 0.4) is 0 Å². The zero-order valence-corrected chi connectivity index (χ0v) is 12.1. The molecule has 18 heavy (non-hydrogen) atoms. The van der Waals surface area contributed by atoms with E-state index >= 15 is 0 Å². The van der Waals surface area contributed by atoms with Gasteiger partial charge in [0.15, 0.2) is 0 Å². The minimum atomic E-state index is 0.151. The van der Waals surface area contributed by atoms with Crippen LogP contribution < -0.4 is 4.90 Å². The van der Waals surface area contributed by atoms with Crippen LogP contribution in [0.15, 0.2) is 12.4 Å². The standard InChI is InChI=1S/C12H17Cl2N3O/c1-16-3-4-17(8-9(7-16)18-2)12-10(13)5-15-6-11(12)14/h5-6,9H,3-4,7-8H2,1-2H3. The van der Waals surface area contributed by atoms with E-state index in [0.717, 1.165) is 31.9 Å². The van der Waals surface area contributed by atoms with Crippen LogP contribution in [0.2, 0.25) is 10.0 Å². The molecule has 1 aliphatic heterocycles. The first-order valence-corrected chi connectivity index (χ1v) is 6.62. The summed E-state index contributed by atoms with van der Waals surface area (Å²) in [5.74, 6) is 0. The van der Waals surface area contributed by atoms with Crippen LogP contribution in [0.25, 0.3) is 0 Å². The number of ether oxygens (including phenoxy) is 1. The number of likely N-dealkylation sites (N-methyl/N-ethyl adjacent to an activating group) is 1. The highest BCUT2D eigenvalue weighted by Gasteiger charge is 2.23. The Bertz CT molecular complexity index is 396. The Morgan fingerprint density at radius 3 is 2.50 bits per heavy atom. The molecular weight excluding hydrogens is 273 g/mol. The maximum absolute atomic E-state index is 6.20. The predicted octanol–water partition coefficient (Wildman–Crippen LogP) is 2.16. The largest absolute Gasteiger partial charge is 0.378 e. The van der Waals surface area contributed by atoms with Crippen molar-refractivity contribution >= 4 is 28.9 Å². The van der Waals surface area contributed by atoms with E-state index in [-0.39, 0.29) is 6.10 Å². The zero-order chi connectivity index (χ0) is 13.1. The first kappa shape index (κ1) is 13.9. The van der Waals surface area contributed by atoms with Gasteiger partial charge in [0.25, 0.3) is 0 Å². The number of aromatic nitrogens is 1. The Balaban J connectivity index is 2.26. The Kier molecular flexibility index (Phi) is 4.67. The fraction of sp³-hybridized carbons (Fsp3) is 0.583. The molecule has 0 aromatic carbocycles. The number of pyridine rings is 1. The lowest BCUT2D eigenvalue weighted by molar-refractivity contribution is 0.0868. The van der Waals surface area contributed by atoms with E-state index in [1.807, 2.05) is 0 Å². The molecule has 4 nitrogen and oxygen atoms in total. The van der Waals surface area contributed by atoms with Gasteiger partial charge >= 0.3 is 0 Å². The van der Waals surface area contributed by atoms with Crippen LogP contribution in [0.1, 0.15) is 0 Å². The van der Waals surface area contributed by atoms with Crippen molar-refractivity contribution in [3.63, 3.8) is 0 Å². The average Bonchev–Trinajstić information content (AvgIpc) is 2.51. The highest BCUT2D eigenvalue weighted by molar-refractivity contribution is 6.38.